The monoisotopic (exact) mass is 243 g/mol. The van der Waals surface area contributed by atoms with Crippen molar-refractivity contribution in [2.75, 3.05) is 33.0 Å². The molecule has 0 bridgehead atoms. The van der Waals surface area contributed by atoms with Crippen LogP contribution in [0.15, 0.2) is 0 Å². The standard InChI is InChI=1S/C14H29NO2/c1-12(2)6-7-16-8-9-17-11-14-5-3-4-13(14)10-15/h12-14H,3-11,15H2,1-2H3. The lowest BCUT2D eigenvalue weighted by atomic mass is 9.97. The van der Waals surface area contributed by atoms with Gasteiger partial charge in [0.15, 0.2) is 0 Å². The Hall–Kier alpha value is -0.120. The molecule has 1 rings (SSSR count). The first-order valence-corrected chi connectivity index (χ1v) is 7.09. The van der Waals surface area contributed by atoms with Crippen molar-refractivity contribution in [3.05, 3.63) is 0 Å². The number of ether oxygens (including phenoxy) is 2. The highest BCUT2D eigenvalue weighted by Crippen LogP contribution is 2.30. The zero-order valence-corrected chi connectivity index (χ0v) is 11.5. The van der Waals surface area contributed by atoms with E-state index >= 15 is 0 Å². The van der Waals surface area contributed by atoms with Crippen molar-refractivity contribution in [2.24, 2.45) is 23.5 Å². The minimum Gasteiger partial charge on any atom is -0.379 e. The molecule has 0 saturated heterocycles. The maximum absolute atomic E-state index is 5.74. The van der Waals surface area contributed by atoms with Gasteiger partial charge in [0.05, 0.1) is 13.2 Å². The van der Waals surface area contributed by atoms with E-state index in [1.807, 2.05) is 0 Å². The normalized spacial score (nSPS) is 24.7. The third-order valence-electron chi connectivity index (χ3n) is 3.66. The maximum Gasteiger partial charge on any atom is 0.0700 e. The Morgan fingerprint density at radius 3 is 2.47 bits per heavy atom. The summed E-state index contributed by atoms with van der Waals surface area (Å²) in [5, 5.41) is 0. The summed E-state index contributed by atoms with van der Waals surface area (Å²) in [6, 6.07) is 0. The predicted octanol–water partition coefficient (Wildman–Crippen LogP) is 2.44. The van der Waals surface area contributed by atoms with Gasteiger partial charge in [-0.2, -0.15) is 0 Å². The average molecular weight is 243 g/mol. The van der Waals surface area contributed by atoms with Crippen LogP contribution in [0.5, 0.6) is 0 Å². The van der Waals surface area contributed by atoms with E-state index in [2.05, 4.69) is 13.8 Å². The van der Waals surface area contributed by atoms with Crippen LogP contribution in [0.1, 0.15) is 39.5 Å². The summed E-state index contributed by atoms with van der Waals surface area (Å²) >= 11 is 0. The molecular weight excluding hydrogens is 214 g/mol. The zero-order valence-electron chi connectivity index (χ0n) is 11.5. The van der Waals surface area contributed by atoms with Gasteiger partial charge in [0.1, 0.15) is 0 Å². The van der Waals surface area contributed by atoms with Crippen LogP contribution in [0.25, 0.3) is 0 Å². The molecule has 17 heavy (non-hydrogen) atoms. The lowest BCUT2D eigenvalue weighted by molar-refractivity contribution is 0.0256. The van der Waals surface area contributed by atoms with Gasteiger partial charge in [0.2, 0.25) is 0 Å². The van der Waals surface area contributed by atoms with Gasteiger partial charge in [-0.05, 0) is 43.6 Å². The highest BCUT2D eigenvalue weighted by atomic mass is 16.5. The van der Waals surface area contributed by atoms with E-state index in [1.54, 1.807) is 0 Å². The largest absolute Gasteiger partial charge is 0.379 e. The van der Waals surface area contributed by atoms with Crippen molar-refractivity contribution in [2.45, 2.75) is 39.5 Å². The van der Waals surface area contributed by atoms with E-state index in [1.165, 1.54) is 19.3 Å². The fourth-order valence-electron chi connectivity index (χ4n) is 2.42. The first-order valence-electron chi connectivity index (χ1n) is 7.09. The molecule has 1 aliphatic rings. The molecule has 0 aromatic carbocycles. The minimum absolute atomic E-state index is 0.690. The van der Waals surface area contributed by atoms with Crippen molar-refractivity contribution in [1.82, 2.24) is 0 Å². The van der Waals surface area contributed by atoms with Crippen molar-refractivity contribution in [3.63, 3.8) is 0 Å². The van der Waals surface area contributed by atoms with Crippen LogP contribution in [0.4, 0.5) is 0 Å². The molecule has 0 heterocycles. The molecule has 0 aliphatic heterocycles. The Bertz CT molecular complexity index is 185. The molecule has 102 valence electrons. The lowest BCUT2D eigenvalue weighted by Crippen LogP contribution is -2.23. The van der Waals surface area contributed by atoms with Crippen molar-refractivity contribution in [3.8, 4) is 0 Å². The predicted molar refractivity (Wildman–Crippen MR) is 71.0 cm³/mol. The average Bonchev–Trinajstić information content (AvgIpc) is 2.74. The van der Waals surface area contributed by atoms with E-state index in [0.717, 1.165) is 45.3 Å². The molecule has 1 aliphatic carbocycles. The molecule has 0 aromatic heterocycles. The van der Waals surface area contributed by atoms with E-state index in [0.29, 0.717) is 11.8 Å². The van der Waals surface area contributed by atoms with E-state index in [-0.39, 0.29) is 0 Å². The van der Waals surface area contributed by atoms with E-state index in [9.17, 15) is 0 Å². The van der Waals surface area contributed by atoms with Crippen molar-refractivity contribution >= 4 is 0 Å². The Labute approximate surface area is 106 Å². The second-order valence-electron chi connectivity index (χ2n) is 5.56. The van der Waals surface area contributed by atoms with Gasteiger partial charge in [0, 0.05) is 13.2 Å². The summed E-state index contributed by atoms with van der Waals surface area (Å²) in [4.78, 5) is 0. The van der Waals surface area contributed by atoms with E-state index in [4.69, 9.17) is 15.2 Å². The van der Waals surface area contributed by atoms with Crippen molar-refractivity contribution in [1.29, 1.82) is 0 Å². The maximum atomic E-state index is 5.74. The summed E-state index contributed by atoms with van der Waals surface area (Å²) in [7, 11) is 0. The topological polar surface area (TPSA) is 44.5 Å². The van der Waals surface area contributed by atoms with Crippen LogP contribution >= 0.6 is 0 Å². The number of nitrogens with two attached hydrogens (primary N) is 1. The van der Waals surface area contributed by atoms with Gasteiger partial charge in [-0.1, -0.05) is 20.3 Å². The molecule has 2 N–H and O–H groups in total. The summed E-state index contributed by atoms with van der Waals surface area (Å²) in [6.07, 6.45) is 5.03. The number of hydrogen-bond donors (Lipinski definition) is 1. The molecule has 0 amide bonds. The molecule has 3 nitrogen and oxygen atoms in total. The second kappa shape index (κ2) is 8.90. The zero-order chi connectivity index (χ0) is 12.5. The Kier molecular flexibility index (Phi) is 7.82. The minimum atomic E-state index is 0.690. The van der Waals surface area contributed by atoms with Crippen LogP contribution in [0, 0.1) is 17.8 Å². The van der Waals surface area contributed by atoms with Crippen LogP contribution in [0.2, 0.25) is 0 Å². The van der Waals surface area contributed by atoms with Gasteiger partial charge in [-0.25, -0.2) is 0 Å². The summed E-state index contributed by atoms with van der Waals surface area (Å²) in [6.45, 7) is 8.43. The summed E-state index contributed by atoms with van der Waals surface area (Å²) < 4.78 is 11.2. The van der Waals surface area contributed by atoms with Gasteiger partial charge in [-0.3, -0.25) is 0 Å². The smallest absolute Gasteiger partial charge is 0.0700 e. The fourth-order valence-corrected chi connectivity index (χ4v) is 2.42. The molecule has 0 spiro atoms. The molecule has 1 saturated carbocycles. The highest BCUT2D eigenvalue weighted by Gasteiger charge is 2.25. The van der Waals surface area contributed by atoms with Crippen LogP contribution in [-0.4, -0.2) is 33.0 Å². The van der Waals surface area contributed by atoms with Crippen LogP contribution in [0.3, 0.4) is 0 Å². The molecule has 2 unspecified atom stereocenters. The Balaban J connectivity index is 1.90. The van der Waals surface area contributed by atoms with Gasteiger partial charge in [-0.15, -0.1) is 0 Å². The fraction of sp³-hybridized carbons (Fsp3) is 1.00. The number of rotatable bonds is 9. The van der Waals surface area contributed by atoms with Crippen LogP contribution < -0.4 is 5.73 Å². The molecule has 0 radical (unpaired) electrons. The Morgan fingerprint density at radius 2 is 1.76 bits per heavy atom. The molecule has 0 aromatic rings. The van der Waals surface area contributed by atoms with Gasteiger partial charge >= 0.3 is 0 Å². The van der Waals surface area contributed by atoms with E-state index < -0.39 is 0 Å². The molecule has 2 atom stereocenters. The molecular formula is C14H29NO2. The van der Waals surface area contributed by atoms with Gasteiger partial charge in [0.25, 0.3) is 0 Å². The lowest BCUT2D eigenvalue weighted by Gasteiger charge is -2.17. The van der Waals surface area contributed by atoms with Crippen molar-refractivity contribution < 1.29 is 9.47 Å². The summed E-state index contributed by atoms with van der Waals surface area (Å²) in [5.41, 5.74) is 5.74. The Morgan fingerprint density at radius 1 is 1.06 bits per heavy atom. The highest BCUT2D eigenvalue weighted by molar-refractivity contribution is 4.77. The number of hydrogen-bond acceptors (Lipinski definition) is 3. The van der Waals surface area contributed by atoms with Gasteiger partial charge < -0.3 is 15.2 Å². The SMILES string of the molecule is CC(C)CCOCCOCC1CCCC1CN. The second-order valence-corrected chi connectivity index (χ2v) is 5.56. The molecule has 1 fully saturated rings. The first-order chi connectivity index (χ1) is 8.24. The quantitative estimate of drug-likeness (QED) is 0.633. The van der Waals surface area contributed by atoms with Crippen LogP contribution in [-0.2, 0) is 9.47 Å². The third-order valence-corrected chi connectivity index (χ3v) is 3.66. The first kappa shape index (κ1) is 14.9. The summed E-state index contributed by atoms with van der Waals surface area (Å²) in [5.74, 6) is 2.10. The third kappa shape index (κ3) is 6.39. The molecule has 3 heteroatoms.